The Morgan fingerprint density at radius 3 is 2.44 bits per heavy atom. The van der Waals surface area contributed by atoms with E-state index in [0.29, 0.717) is 6.54 Å². The normalized spacial score (nSPS) is 19.7. The minimum atomic E-state index is -0.801. The fraction of sp³-hybridized carbons (Fsp3) is 0.500. The molecule has 88 valence electrons. The monoisotopic (exact) mass is 226 g/mol. The Hall–Kier alpha value is -1.00. The average Bonchev–Trinajstić information content (AvgIpc) is 2.33. The molecule has 0 saturated carbocycles. The second-order valence-corrected chi connectivity index (χ2v) is 4.36. The first-order valence-electron chi connectivity index (χ1n) is 5.54. The van der Waals surface area contributed by atoms with Gasteiger partial charge in [0.1, 0.15) is 0 Å². The molecule has 0 atom stereocenters. The van der Waals surface area contributed by atoms with Crippen LogP contribution in [0, 0.1) is 11.6 Å². The van der Waals surface area contributed by atoms with Gasteiger partial charge in [-0.15, -0.1) is 0 Å². The van der Waals surface area contributed by atoms with Gasteiger partial charge >= 0.3 is 0 Å². The second kappa shape index (κ2) is 4.47. The smallest absolute Gasteiger partial charge is 0.159 e. The number of hydrogen-bond donors (Lipinski definition) is 2. The SMILES string of the molecule is NCC1(c2ccc(F)c(F)c2)CCNCC1. The quantitative estimate of drug-likeness (QED) is 0.803. The van der Waals surface area contributed by atoms with Crippen LogP contribution in [0.15, 0.2) is 18.2 Å². The highest BCUT2D eigenvalue weighted by Crippen LogP contribution is 2.33. The van der Waals surface area contributed by atoms with Crippen molar-refractivity contribution in [1.29, 1.82) is 0 Å². The molecule has 0 bridgehead atoms. The van der Waals surface area contributed by atoms with E-state index in [2.05, 4.69) is 5.32 Å². The molecule has 16 heavy (non-hydrogen) atoms. The topological polar surface area (TPSA) is 38.0 Å². The van der Waals surface area contributed by atoms with Crippen molar-refractivity contribution >= 4 is 0 Å². The Morgan fingerprint density at radius 1 is 1.19 bits per heavy atom. The van der Waals surface area contributed by atoms with Crippen molar-refractivity contribution < 1.29 is 8.78 Å². The number of hydrogen-bond acceptors (Lipinski definition) is 2. The van der Waals surface area contributed by atoms with Gasteiger partial charge in [-0.05, 0) is 43.6 Å². The summed E-state index contributed by atoms with van der Waals surface area (Å²) in [6.07, 6.45) is 1.74. The van der Waals surface area contributed by atoms with Gasteiger partial charge in [0.15, 0.2) is 11.6 Å². The fourth-order valence-electron chi connectivity index (χ4n) is 2.34. The third kappa shape index (κ3) is 1.95. The van der Waals surface area contributed by atoms with Gasteiger partial charge in [-0.2, -0.15) is 0 Å². The number of nitrogens with one attached hydrogen (secondary N) is 1. The van der Waals surface area contributed by atoms with Crippen LogP contribution < -0.4 is 11.1 Å². The summed E-state index contributed by atoms with van der Waals surface area (Å²) in [6, 6.07) is 4.12. The van der Waals surface area contributed by atoms with Crippen molar-refractivity contribution in [2.75, 3.05) is 19.6 Å². The van der Waals surface area contributed by atoms with E-state index in [1.54, 1.807) is 6.07 Å². The molecule has 1 aromatic carbocycles. The van der Waals surface area contributed by atoms with Crippen LogP contribution in [0.4, 0.5) is 8.78 Å². The first kappa shape index (κ1) is 11.5. The molecule has 0 amide bonds. The molecule has 3 N–H and O–H groups in total. The highest BCUT2D eigenvalue weighted by molar-refractivity contribution is 5.28. The van der Waals surface area contributed by atoms with Crippen LogP contribution in [0.5, 0.6) is 0 Å². The maximum Gasteiger partial charge on any atom is 0.159 e. The Balaban J connectivity index is 2.35. The molecular formula is C12H16F2N2. The van der Waals surface area contributed by atoms with Crippen LogP contribution in [0.3, 0.4) is 0 Å². The molecule has 4 heteroatoms. The molecule has 1 saturated heterocycles. The molecule has 0 radical (unpaired) electrons. The Labute approximate surface area is 93.8 Å². The predicted octanol–water partition coefficient (Wildman–Crippen LogP) is 1.54. The minimum Gasteiger partial charge on any atom is -0.330 e. The molecule has 0 spiro atoms. The van der Waals surface area contributed by atoms with E-state index in [0.717, 1.165) is 31.5 Å². The lowest BCUT2D eigenvalue weighted by atomic mass is 9.73. The predicted molar refractivity (Wildman–Crippen MR) is 59.2 cm³/mol. The van der Waals surface area contributed by atoms with Crippen molar-refractivity contribution in [2.24, 2.45) is 5.73 Å². The van der Waals surface area contributed by atoms with Crippen LogP contribution in [0.1, 0.15) is 18.4 Å². The molecule has 0 aromatic heterocycles. The van der Waals surface area contributed by atoms with E-state index < -0.39 is 11.6 Å². The average molecular weight is 226 g/mol. The van der Waals surface area contributed by atoms with E-state index in [9.17, 15) is 8.78 Å². The molecule has 2 rings (SSSR count). The van der Waals surface area contributed by atoms with Crippen molar-refractivity contribution in [3.63, 3.8) is 0 Å². The van der Waals surface area contributed by atoms with E-state index >= 15 is 0 Å². The van der Waals surface area contributed by atoms with Gasteiger partial charge in [-0.25, -0.2) is 8.78 Å². The largest absolute Gasteiger partial charge is 0.330 e. The van der Waals surface area contributed by atoms with E-state index in [1.165, 1.54) is 12.1 Å². The number of nitrogens with two attached hydrogens (primary N) is 1. The van der Waals surface area contributed by atoms with Crippen molar-refractivity contribution in [3.8, 4) is 0 Å². The third-order valence-electron chi connectivity index (χ3n) is 3.48. The summed E-state index contributed by atoms with van der Waals surface area (Å²) in [5.74, 6) is -1.59. The zero-order chi connectivity index (χ0) is 11.6. The molecular weight excluding hydrogens is 210 g/mol. The summed E-state index contributed by atoms with van der Waals surface area (Å²) in [5, 5.41) is 3.25. The summed E-state index contributed by atoms with van der Waals surface area (Å²) in [5.41, 5.74) is 6.43. The van der Waals surface area contributed by atoms with Gasteiger partial charge in [0.05, 0.1) is 0 Å². The summed E-state index contributed by atoms with van der Waals surface area (Å²) in [7, 11) is 0. The van der Waals surface area contributed by atoms with Gasteiger partial charge in [0, 0.05) is 12.0 Å². The molecule has 1 aliphatic heterocycles. The van der Waals surface area contributed by atoms with Crippen LogP contribution in [0.2, 0.25) is 0 Å². The molecule has 1 fully saturated rings. The van der Waals surface area contributed by atoms with Crippen molar-refractivity contribution in [3.05, 3.63) is 35.4 Å². The number of piperidine rings is 1. The number of rotatable bonds is 2. The van der Waals surface area contributed by atoms with Crippen molar-refractivity contribution in [1.82, 2.24) is 5.32 Å². The van der Waals surface area contributed by atoms with E-state index in [-0.39, 0.29) is 5.41 Å². The lowest BCUT2D eigenvalue weighted by molar-refractivity contribution is 0.314. The van der Waals surface area contributed by atoms with Gasteiger partial charge < -0.3 is 11.1 Å². The molecule has 2 nitrogen and oxygen atoms in total. The van der Waals surface area contributed by atoms with Crippen molar-refractivity contribution in [2.45, 2.75) is 18.3 Å². The van der Waals surface area contributed by atoms with Crippen LogP contribution in [-0.4, -0.2) is 19.6 Å². The Bertz CT molecular complexity index is 373. The Morgan fingerprint density at radius 2 is 1.88 bits per heavy atom. The summed E-state index contributed by atoms with van der Waals surface area (Å²) < 4.78 is 26.1. The van der Waals surface area contributed by atoms with Gasteiger partial charge in [0.25, 0.3) is 0 Å². The Kier molecular flexibility index (Phi) is 3.21. The highest BCUT2D eigenvalue weighted by atomic mass is 19.2. The molecule has 0 aliphatic carbocycles. The van der Waals surface area contributed by atoms with E-state index in [1.807, 2.05) is 0 Å². The molecule has 0 unspecified atom stereocenters. The standard InChI is InChI=1S/C12H16F2N2/c13-10-2-1-9(7-11(10)14)12(8-15)3-5-16-6-4-12/h1-2,7,16H,3-6,8,15H2. The van der Waals surface area contributed by atoms with Crippen LogP contribution >= 0.6 is 0 Å². The summed E-state index contributed by atoms with van der Waals surface area (Å²) in [6.45, 7) is 2.21. The number of benzene rings is 1. The number of halogens is 2. The second-order valence-electron chi connectivity index (χ2n) is 4.36. The molecule has 1 aliphatic rings. The zero-order valence-corrected chi connectivity index (χ0v) is 9.10. The third-order valence-corrected chi connectivity index (χ3v) is 3.48. The maximum absolute atomic E-state index is 13.2. The highest BCUT2D eigenvalue weighted by Gasteiger charge is 2.32. The minimum absolute atomic E-state index is 0.195. The first-order valence-corrected chi connectivity index (χ1v) is 5.54. The maximum atomic E-state index is 13.2. The molecule has 1 heterocycles. The summed E-state index contributed by atoms with van der Waals surface area (Å²) >= 11 is 0. The summed E-state index contributed by atoms with van der Waals surface area (Å²) in [4.78, 5) is 0. The first-order chi connectivity index (χ1) is 7.68. The lowest BCUT2D eigenvalue weighted by Crippen LogP contribution is -2.44. The lowest BCUT2D eigenvalue weighted by Gasteiger charge is -2.37. The van der Waals surface area contributed by atoms with Gasteiger partial charge in [-0.1, -0.05) is 6.07 Å². The van der Waals surface area contributed by atoms with Crippen LogP contribution in [-0.2, 0) is 5.41 Å². The van der Waals surface area contributed by atoms with Crippen LogP contribution in [0.25, 0.3) is 0 Å². The van der Waals surface area contributed by atoms with Gasteiger partial charge in [-0.3, -0.25) is 0 Å². The van der Waals surface area contributed by atoms with Gasteiger partial charge in [0.2, 0.25) is 0 Å². The fourth-order valence-corrected chi connectivity index (χ4v) is 2.34. The zero-order valence-electron chi connectivity index (χ0n) is 9.10. The van der Waals surface area contributed by atoms with E-state index in [4.69, 9.17) is 5.73 Å². The molecule has 1 aromatic rings.